The van der Waals surface area contributed by atoms with Gasteiger partial charge in [0.05, 0.1) is 18.0 Å². The second-order valence-electron chi connectivity index (χ2n) is 9.17. The van der Waals surface area contributed by atoms with Crippen LogP contribution in [0.4, 0.5) is 8.78 Å². The van der Waals surface area contributed by atoms with Crippen LogP contribution < -0.4 is 10.0 Å². The van der Waals surface area contributed by atoms with Crippen molar-refractivity contribution in [3.8, 4) is 0 Å². The predicted molar refractivity (Wildman–Crippen MR) is 111 cm³/mol. The molecule has 6 nitrogen and oxygen atoms in total. The van der Waals surface area contributed by atoms with Gasteiger partial charge < -0.3 is 10.2 Å². The summed E-state index contributed by atoms with van der Waals surface area (Å²) in [7, 11) is -3.73. The van der Waals surface area contributed by atoms with E-state index in [9.17, 15) is 22.0 Å². The van der Waals surface area contributed by atoms with Crippen LogP contribution in [0, 0.1) is 17.2 Å². The number of rotatable bonds is 7. The normalized spacial score (nSPS) is 28.8. The first-order chi connectivity index (χ1) is 13.9. The molecule has 1 aliphatic carbocycles. The summed E-state index contributed by atoms with van der Waals surface area (Å²) in [6.45, 7) is 7.21. The van der Waals surface area contributed by atoms with E-state index in [4.69, 9.17) is 0 Å². The van der Waals surface area contributed by atoms with Crippen molar-refractivity contribution in [3.05, 3.63) is 30.1 Å². The first kappa shape index (κ1) is 23.1. The number of carbonyl (C=O) groups is 1. The van der Waals surface area contributed by atoms with E-state index in [1.54, 1.807) is 4.90 Å². The van der Waals surface area contributed by atoms with Gasteiger partial charge in [-0.2, -0.15) is 0 Å². The molecule has 3 unspecified atom stereocenters. The largest absolute Gasteiger partial charge is 0.339 e. The topological polar surface area (TPSA) is 78.5 Å². The van der Waals surface area contributed by atoms with Crippen molar-refractivity contribution in [3.63, 3.8) is 0 Å². The molecule has 1 heterocycles. The van der Waals surface area contributed by atoms with E-state index in [0.717, 1.165) is 25.0 Å². The molecule has 3 atom stereocenters. The average molecular weight is 444 g/mol. The molecule has 1 aromatic rings. The Kier molecular flexibility index (Phi) is 6.55. The maximum atomic E-state index is 13.4. The fourth-order valence-electron chi connectivity index (χ4n) is 4.50. The summed E-state index contributed by atoms with van der Waals surface area (Å²) < 4.78 is 54.1. The van der Waals surface area contributed by atoms with Crippen molar-refractivity contribution in [1.29, 1.82) is 0 Å². The molecule has 1 aliphatic heterocycles. The third-order valence-electron chi connectivity index (χ3n) is 7.19. The van der Waals surface area contributed by atoms with Crippen molar-refractivity contribution >= 4 is 15.9 Å². The molecular weight excluding hydrogens is 412 g/mol. The molecule has 1 saturated carbocycles. The highest BCUT2D eigenvalue weighted by Gasteiger charge is 2.51. The molecule has 0 bridgehead atoms. The Morgan fingerprint density at radius 3 is 2.47 bits per heavy atom. The monoisotopic (exact) mass is 443 g/mol. The van der Waals surface area contributed by atoms with Gasteiger partial charge in [0.25, 0.3) is 0 Å². The smallest absolute Gasteiger partial charge is 0.240 e. The third-order valence-corrected chi connectivity index (χ3v) is 8.63. The average Bonchev–Trinajstić information content (AvgIpc) is 3.21. The van der Waals surface area contributed by atoms with Crippen molar-refractivity contribution in [1.82, 2.24) is 14.9 Å². The molecule has 3 rings (SSSR count). The second-order valence-corrected chi connectivity index (χ2v) is 10.9. The zero-order chi connectivity index (χ0) is 22.2. The molecular formula is C21H31F2N3O3S. The summed E-state index contributed by atoms with van der Waals surface area (Å²) in [6.07, 6.45) is 1.05. The van der Waals surface area contributed by atoms with Gasteiger partial charge in [0, 0.05) is 18.6 Å². The number of alkyl halides is 1. The summed E-state index contributed by atoms with van der Waals surface area (Å²) in [5, 5.41) is 3.37. The number of sulfonamides is 1. The lowest BCUT2D eigenvalue weighted by molar-refractivity contribution is -0.130. The minimum atomic E-state index is -3.73. The minimum absolute atomic E-state index is 0.0305. The minimum Gasteiger partial charge on any atom is -0.339 e. The van der Waals surface area contributed by atoms with E-state index in [1.165, 1.54) is 12.1 Å². The number of nitrogens with zero attached hydrogens (tertiary/aromatic N) is 1. The van der Waals surface area contributed by atoms with Gasteiger partial charge in [-0.3, -0.25) is 4.79 Å². The van der Waals surface area contributed by atoms with Gasteiger partial charge in [0.15, 0.2) is 0 Å². The van der Waals surface area contributed by atoms with Crippen LogP contribution in [0.3, 0.4) is 0 Å². The highest BCUT2D eigenvalue weighted by atomic mass is 32.2. The number of amides is 1. The number of hydrogen-bond donors (Lipinski definition) is 2. The highest BCUT2D eigenvalue weighted by molar-refractivity contribution is 7.89. The predicted octanol–water partition coefficient (Wildman–Crippen LogP) is 2.46. The Labute approximate surface area is 177 Å². The first-order valence-electron chi connectivity index (χ1n) is 10.4. The number of benzene rings is 1. The van der Waals surface area contributed by atoms with Gasteiger partial charge in [-0.25, -0.2) is 21.9 Å². The van der Waals surface area contributed by atoms with Gasteiger partial charge in [0.1, 0.15) is 12.0 Å². The molecule has 1 saturated heterocycles. The molecule has 0 spiro atoms. The standard InChI is InChI=1S/C21H31F2N3O3S/c1-20(2)15(12-25-30(28,29)18-6-4-16(22)5-7-18)8-10-21(20,3)24-13-19(27)26-11-9-17(23)14-26/h4-7,15,17,24-25H,8-14H2,1-3H3. The second kappa shape index (κ2) is 8.51. The van der Waals surface area contributed by atoms with Crippen LogP contribution in [0.25, 0.3) is 0 Å². The maximum absolute atomic E-state index is 13.4. The Morgan fingerprint density at radius 1 is 1.20 bits per heavy atom. The molecule has 0 aromatic heterocycles. The maximum Gasteiger partial charge on any atom is 0.240 e. The molecule has 1 aromatic carbocycles. The van der Waals surface area contributed by atoms with Crippen LogP contribution in [-0.4, -0.2) is 57.1 Å². The van der Waals surface area contributed by atoms with Crippen LogP contribution in [0.1, 0.15) is 40.0 Å². The molecule has 1 amide bonds. The van der Waals surface area contributed by atoms with Crippen LogP contribution in [-0.2, 0) is 14.8 Å². The Balaban J connectivity index is 1.59. The highest BCUT2D eigenvalue weighted by Crippen LogP contribution is 2.49. The molecule has 2 fully saturated rings. The summed E-state index contributed by atoms with van der Waals surface area (Å²) >= 11 is 0. The zero-order valence-corrected chi connectivity index (χ0v) is 18.6. The summed E-state index contributed by atoms with van der Waals surface area (Å²) in [6, 6.07) is 4.74. The lowest BCUT2D eigenvalue weighted by Gasteiger charge is -2.43. The van der Waals surface area contributed by atoms with Gasteiger partial charge in [-0.15, -0.1) is 0 Å². The van der Waals surface area contributed by atoms with E-state index in [0.29, 0.717) is 13.0 Å². The lowest BCUT2D eigenvalue weighted by atomic mass is 9.71. The zero-order valence-electron chi connectivity index (χ0n) is 17.7. The van der Waals surface area contributed by atoms with E-state index in [1.807, 2.05) is 0 Å². The summed E-state index contributed by atoms with van der Waals surface area (Å²) in [5.74, 6) is -0.534. The molecule has 168 valence electrons. The quantitative estimate of drug-likeness (QED) is 0.679. The van der Waals surface area contributed by atoms with Crippen LogP contribution in [0.5, 0.6) is 0 Å². The first-order valence-corrected chi connectivity index (χ1v) is 11.8. The fraction of sp³-hybridized carbons (Fsp3) is 0.667. The van der Waals surface area contributed by atoms with Crippen LogP contribution in [0.15, 0.2) is 29.2 Å². The number of carbonyl (C=O) groups excluding carboxylic acids is 1. The molecule has 2 N–H and O–H groups in total. The number of nitrogens with one attached hydrogen (secondary N) is 2. The Morgan fingerprint density at radius 2 is 1.87 bits per heavy atom. The summed E-state index contributed by atoms with van der Waals surface area (Å²) in [4.78, 5) is 14.0. The van der Waals surface area contributed by atoms with Gasteiger partial charge in [-0.05, 0) is 61.8 Å². The van der Waals surface area contributed by atoms with Gasteiger partial charge in [0.2, 0.25) is 15.9 Å². The van der Waals surface area contributed by atoms with E-state index in [-0.39, 0.29) is 47.3 Å². The van der Waals surface area contributed by atoms with Crippen LogP contribution in [0.2, 0.25) is 0 Å². The number of likely N-dealkylation sites (tertiary alicyclic amines) is 1. The molecule has 0 radical (unpaired) electrons. The van der Waals surface area contributed by atoms with Crippen molar-refractivity contribution in [2.75, 3.05) is 26.2 Å². The van der Waals surface area contributed by atoms with E-state index in [2.05, 4.69) is 30.8 Å². The Bertz CT molecular complexity index is 876. The third kappa shape index (κ3) is 4.68. The SMILES string of the molecule is CC1(NCC(=O)N2CCC(F)C2)CCC(CNS(=O)(=O)c2ccc(F)cc2)C1(C)C. The van der Waals surface area contributed by atoms with Crippen molar-refractivity contribution < 1.29 is 22.0 Å². The molecule has 2 aliphatic rings. The lowest BCUT2D eigenvalue weighted by Crippen LogP contribution is -2.55. The number of halogens is 2. The van der Waals surface area contributed by atoms with Crippen molar-refractivity contribution in [2.45, 2.75) is 56.6 Å². The van der Waals surface area contributed by atoms with E-state index >= 15 is 0 Å². The number of hydrogen-bond acceptors (Lipinski definition) is 4. The van der Waals surface area contributed by atoms with Crippen molar-refractivity contribution in [2.24, 2.45) is 11.3 Å². The Hall–Kier alpha value is -1.58. The van der Waals surface area contributed by atoms with Crippen LogP contribution >= 0.6 is 0 Å². The van der Waals surface area contributed by atoms with Gasteiger partial charge in [-0.1, -0.05) is 13.8 Å². The molecule has 9 heteroatoms. The summed E-state index contributed by atoms with van der Waals surface area (Å²) in [5.41, 5.74) is -0.643. The van der Waals surface area contributed by atoms with E-state index < -0.39 is 22.0 Å². The van der Waals surface area contributed by atoms with Gasteiger partial charge >= 0.3 is 0 Å². The molecule has 30 heavy (non-hydrogen) atoms. The fourth-order valence-corrected chi connectivity index (χ4v) is 5.59.